The average Bonchev–Trinajstić information content (AvgIpc) is 3.03. The summed E-state index contributed by atoms with van der Waals surface area (Å²) in [6, 6.07) is 14.5. The van der Waals surface area contributed by atoms with E-state index in [4.69, 9.17) is 9.15 Å². The molecule has 1 aromatic heterocycles. The predicted octanol–water partition coefficient (Wildman–Crippen LogP) is 5.22. The first-order chi connectivity index (χ1) is 13.0. The van der Waals surface area contributed by atoms with E-state index in [-0.39, 0.29) is 11.6 Å². The average molecular weight is 364 g/mol. The lowest BCUT2D eigenvalue weighted by Gasteiger charge is -2.05. The molecule has 1 heterocycles. The Kier molecular flexibility index (Phi) is 5.75. The highest BCUT2D eigenvalue weighted by Crippen LogP contribution is 2.32. The maximum Gasteiger partial charge on any atom is 0.197 e. The molecule has 3 rings (SSSR count). The first-order valence-corrected chi connectivity index (χ1v) is 9.20. The number of hydrogen-bond acceptors (Lipinski definition) is 4. The Hall–Kier alpha value is -2.88. The van der Waals surface area contributed by atoms with Crippen molar-refractivity contribution >= 4 is 22.5 Å². The van der Waals surface area contributed by atoms with Gasteiger partial charge in [-0.05, 0) is 24.1 Å². The van der Waals surface area contributed by atoms with Crippen LogP contribution in [-0.2, 0) is 11.2 Å². The standard InChI is InChI=1S/C23H24O4/c1-15(2)13-17(24)9-11-21-22(23(25)16-7-5-4-6-8-16)19-14-18(26-3)10-12-20(19)27-21/h4-8,10,12,14-15H,9,11,13H2,1-3H3. The topological polar surface area (TPSA) is 56.5 Å². The number of ether oxygens (including phenoxy) is 1. The van der Waals surface area contributed by atoms with Crippen molar-refractivity contribution in [1.29, 1.82) is 0 Å². The molecule has 0 fully saturated rings. The zero-order chi connectivity index (χ0) is 19.4. The molecule has 3 aromatic rings. The van der Waals surface area contributed by atoms with E-state index < -0.39 is 0 Å². The van der Waals surface area contributed by atoms with Crippen molar-refractivity contribution in [2.45, 2.75) is 33.1 Å². The largest absolute Gasteiger partial charge is 0.497 e. The summed E-state index contributed by atoms with van der Waals surface area (Å²) in [5, 5.41) is 0.717. The van der Waals surface area contributed by atoms with Crippen LogP contribution >= 0.6 is 0 Å². The van der Waals surface area contributed by atoms with Gasteiger partial charge in [-0.25, -0.2) is 0 Å². The second-order valence-corrected chi connectivity index (χ2v) is 7.09. The SMILES string of the molecule is COc1ccc2oc(CCC(=O)CC(C)C)c(C(=O)c3ccccc3)c2c1. The summed E-state index contributed by atoms with van der Waals surface area (Å²) in [4.78, 5) is 25.3. The number of ketones is 2. The van der Waals surface area contributed by atoms with Crippen LogP contribution in [0.1, 0.15) is 48.4 Å². The number of fused-ring (bicyclic) bond motifs is 1. The van der Waals surface area contributed by atoms with Gasteiger partial charge in [0.15, 0.2) is 5.78 Å². The van der Waals surface area contributed by atoms with Crippen LogP contribution in [-0.4, -0.2) is 18.7 Å². The van der Waals surface area contributed by atoms with Gasteiger partial charge in [-0.2, -0.15) is 0 Å². The summed E-state index contributed by atoms with van der Waals surface area (Å²) in [7, 11) is 1.59. The second kappa shape index (κ2) is 8.21. The molecule has 0 spiro atoms. The van der Waals surface area contributed by atoms with Crippen molar-refractivity contribution < 1.29 is 18.7 Å². The van der Waals surface area contributed by atoms with E-state index in [0.29, 0.717) is 53.4 Å². The summed E-state index contributed by atoms with van der Waals surface area (Å²) in [5.41, 5.74) is 1.74. The number of aryl methyl sites for hydroxylation is 1. The summed E-state index contributed by atoms with van der Waals surface area (Å²) in [6.07, 6.45) is 1.32. The van der Waals surface area contributed by atoms with Gasteiger partial charge in [0.2, 0.25) is 0 Å². The van der Waals surface area contributed by atoms with Crippen molar-refractivity contribution in [1.82, 2.24) is 0 Å². The molecule has 2 aromatic carbocycles. The number of furan rings is 1. The predicted molar refractivity (Wildman–Crippen MR) is 105 cm³/mol. The highest BCUT2D eigenvalue weighted by atomic mass is 16.5. The van der Waals surface area contributed by atoms with Gasteiger partial charge in [0, 0.05) is 30.2 Å². The summed E-state index contributed by atoms with van der Waals surface area (Å²) in [5.74, 6) is 1.62. The highest BCUT2D eigenvalue weighted by molar-refractivity contribution is 6.17. The minimum Gasteiger partial charge on any atom is -0.497 e. The van der Waals surface area contributed by atoms with E-state index in [1.54, 1.807) is 31.4 Å². The molecule has 0 atom stereocenters. The molecule has 0 N–H and O–H groups in total. The maximum absolute atomic E-state index is 13.2. The van der Waals surface area contributed by atoms with Gasteiger partial charge >= 0.3 is 0 Å². The molecule has 4 heteroatoms. The van der Waals surface area contributed by atoms with Crippen LogP contribution in [0.15, 0.2) is 52.9 Å². The Morgan fingerprint density at radius 2 is 1.81 bits per heavy atom. The minimum absolute atomic E-state index is 0.103. The number of hydrogen-bond donors (Lipinski definition) is 0. The Bertz CT molecular complexity index is 951. The molecule has 0 saturated carbocycles. The monoisotopic (exact) mass is 364 g/mol. The van der Waals surface area contributed by atoms with Crippen molar-refractivity contribution in [3.63, 3.8) is 0 Å². The van der Waals surface area contributed by atoms with Crippen LogP contribution in [0, 0.1) is 5.92 Å². The highest BCUT2D eigenvalue weighted by Gasteiger charge is 2.23. The van der Waals surface area contributed by atoms with Gasteiger partial charge in [-0.1, -0.05) is 44.2 Å². The van der Waals surface area contributed by atoms with Crippen molar-refractivity contribution in [3.8, 4) is 5.75 Å². The molecule has 0 amide bonds. The van der Waals surface area contributed by atoms with E-state index >= 15 is 0 Å². The fourth-order valence-electron chi connectivity index (χ4n) is 3.22. The van der Waals surface area contributed by atoms with E-state index in [0.717, 1.165) is 5.39 Å². The van der Waals surface area contributed by atoms with E-state index in [1.165, 1.54) is 0 Å². The van der Waals surface area contributed by atoms with Crippen LogP contribution in [0.3, 0.4) is 0 Å². The van der Waals surface area contributed by atoms with Gasteiger partial charge < -0.3 is 9.15 Å². The normalized spacial score (nSPS) is 11.1. The third-order valence-corrected chi connectivity index (χ3v) is 4.50. The minimum atomic E-state index is -0.103. The molecule has 0 unspecified atom stereocenters. The first-order valence-electron chi connectivity index (χ1n) is 9.20. The lowest BCUT2D eigenvalue weighted by atomic mass is 9.97. The molecule has 0 saturated heterocycles. The molecule has 0 bridgehead atoms. The van der Waals surface area contributed by atoms with Crippen LogP contribution in [0.25, 0.3) is 11.0 Å². The molecule has 0 aliphatic heterocycles. The molecule has 0 aliphatic carbocycles. The lowest BCUT2D eigenvalue weighted by molar-refractivity contribution is -0.119. The van der Waals surface area contributed by atoms with Crippen molar-refractivity contribution in [2.24, 2.45) is 5.92 Å². The van der Waals surface area contributed by atoms with Crippen LogP contribution in [0.5, 0.6) is 5.75 Å². The van der Waals surface area contributed by atoms with Crippen molar-refractivity contribution in [3.05, 3.63) is 65.4 Å². The van der Waals surface area contributed by atoms with Gasteiger partial charge in [-0.15, -0.1) is 0 Å². The number of carbonyl (C=O) groups excluding carboxylic acids is 2. The second-order valence-electron chi connectivity index (χ2n) is 7.09. The molecule has 4 nitrogen and oxygen atoms in total. The Morgan fingerprint density at radius 1 is 1.07 bits per heavy atom. The van der Waals surface area contributed by atoms with Crippen LogP contribution < -0.4 is 4.74 Å². The van der Waals surface area contributed by atoms with Crippen LogP contribution in [0.2, 0.25) is 0 Å². The molecule has 140 valence electrons. The molecular formula is C23H24O4. The number of benzene rings is 2. The number of methoxy groups -OCH3 is 1. The first kappa shape index (κ1) is 18.9. The molecule has 27 heavy (non-hydrogen) atoms. The third kappa shape index (κ3) is 4.27. The molecular weight excluding hydrogens is 340 g/mol. The molecule has 0 aliphatic rings. The van der Waals surface area contributed by atoms with E-state index in [2.05, 4.69) is 0 Å². The van der Waals surface area contributed by atoms with Crippen molar-refractivity contribution in [2.75, 3.05) is 7.11 Å². The van der Waals surface area contributed by atoms with E-state index in [9.17, 15) is 9.59 Å². The zero-order valence-electron chi connectivity index (χ0n) is 16.0. The Balaban J connectivity index is 2.01. The Morgan fingerprint density at radius 3 is 2.48 bits per heavy atom. The van der Waals surface area contributed by atoms with Gasteiger partial charge in [0.25, 0.3) is 0 Å². The third-order valence-electron chi connectivity index (χ3n) is 4.50. The maximum atomic E-state index is 13.2. The quantitative estimate of drug-likeness (QED) is 0.514. The fraction of sp³-hybridized carbons (Fsp3) is 0.304. The van der Waals surface area contributed by atoms with Crippen LogP contribution in [0.4, 0.5) is 0 Å². The summed E-state index contributed by atoms with van der Waals surface area (Å²) >= 11 is 0. The van der Waals surface area contributed by atoms with Gasteiger partial charge in [-0.3, -0.25) is 9.59 Å². The summed E-state index contributed by atoms with van der Waals surface area (Å²) < 4.78 is 11.3. The lowest BCUT2D eigenvalue weighted by Crippen LogP contribution is -2.07. The number of Topliss-reactive ketones (excluding diaryl/α,β-unsaturated/α-hetero) is 1. The van der Waals surface area contributed by atoms with Gasteiger partial charge in [0.1, 0.15) is 22.9 Å². The van der Waals surface area contributed by atoms with Gasteiger partial charge in [0.05, 0.1) is 12.7 Å². The molecule has 0 radical (unpaired) electrons. The Labute approximate surface area is 159 Å². The smallest absolute Gasteiger partial charge is 0.197 e. The van der Waals surface area contributed by atoms with E-state index in [1.807, 2.05) is 38.1 Å². The number of carbonyl (C=O) groups is 2. The summed E-state index contributed by atoms with van der Waals surface area (Å²) in [6.45, 7) is 4.05. The number of rotatable bonds is 8. The zero-order valence-corrected chi connectivity index (χ0v) is 16.0. The fourth-order valence-corrected chi connectivity index (χ4v) is 3.22.